The number of ether oxygens (including phenoxy) is 1. The summed E-state index contributed by atoms with van der Waals surface area (Å²) in [6.07, 6.45) is 2.48. The summed E-state index contributed by atoms with van der Waals surface area (Å²) in [5, 5.41) is 19.2. The SMILES string of the molecule is COc1ccccc1N(C)c1nc2ccccc2nc1NSC1C=C(NO)[C@H](O)CC1. The number of nitrogens with one attached hydrogen (secondary N) is 2. The molecule has 1 unspecified atom stereocenters. The van der Waals surface area contributed by atoms with Crippen LogP contribution in [0.15, 0.2) is 60.3 Å². The fourth-order valence-corrected chi connectivity index (χ4v) is 4.39. The number of rotatable bonds is 7. The van der Waals surface area contributed by atoms with Crippen LogP contribution in [0.25, 0.3) is 11.0 Å². The number of fused-ring (bicyclic) bond motifs is 1. The van der Waals surface area contributed by atoms with Crippen LogP contribution in [0.4, 0.5) is 17.3 Å². The molecule has 0 radical (unpaired) electrons. The van der Waals surface area contributed by atoms with Gasteiger partial charge >= 0.3 is 0 Å². The fraction of sp³-hybridized carbons (Fsp3) is 0.273. The van der Waals surface area contributed by atoms with E-state index in [4.69, 9.17) is 14.7 Å². The second-order valence-electron chi connectivity index (χ2n) is 7.20. The quantitative estimate of drug-likeness (QED) is 0.323. The van der Waals surface area contributed by atoms with Gasteiger partial charge in [0.25, 0.3) is 0 Å². The Balaban J connectivity index is 1.68. The van der Waals surface area contributed by atoms with Crippen molar-refractivity contribution in [3.63, 3.8) is 0 Å². The second-order valence-corrected chi connectivity index (χ2v) is 8.25. The molecule has 1 aliphatic rings. The summed E-state index contributed by atoms with van der Waals surface area (Å²) in [4.78, 5) is 11.6. The van der Waals surface area contributed by atoms with Gasteiger partial charge in [-0.25, -0.2) is 9.97 Å². The highest BCUT2D eigenvalue weighted by atomic mass is 32.2. The highest BCUT2D eigenvalue weighted by Crippen LogP contribution is 2.37. The number of hydroxylamine groups is 1. The molecule has 2 aromatic carbocycles. The molecule has 8 nitrogen and oxygen atoms in total. The zero-order valence-electron chi connectivity index (χ0n) is 17.3. The summed E-state index contributed by atoms with van der Waals surface area (Å²) in [7, 11) is 3.57. The molecule has 1 heterocycles. The van der Waals surface area contributed by atoms with E-state index < -0.39 is 6.10 Å². The van der Waals surface area contributed by atoms with Crippen LogP contribution in [0.1, 0.15) is 12.8 Å². The molecule has 162 valence electrons. The average Bonchev–Trinajstić information content (AvgIpc) is 2.82. The monoisotopic (exact) mass is 439 g/mol. The van der Waals surface area contributed by atoms with Crippen molar-refractivity contribution in [2.24, 2.45) is 0 Å². The molecule has 1 aliphatic carbocycles. The topological polar surface area (TPSA) is 103 Å². The summed E-state index contributed by atoms with van der Waals surface area (Å²) in [6.45, 7) is 0. The lowest BCUT2D eigenvalue weighted by Crippen LogP contribution is -2.28. The van der Waals surface area contributed by atoms with E-state index in [9.17, 15) is 10.3 Å². The van der Waals surface area contributed by atoms with Crippen LogP contribution in [0.2, 0.25) is 0 Å². The molecule has 0 fully saturated rings. The van der Waals surface area contributed by atoms with Crippen LogP contribution in [0.5, 0.6) is 5.75 Å². The molecule has 0 amide bonds. The number of benzene rings is 2. The number of para-hydroxylation sites is 4. The second kappa shape index (κ2) is 9.42. The molecular weight excluding hydrogens is 414 g/mol. The van der Waals surface area contributed by atoms with Crippen LogP contribution >= 0.6 is 11.9 Å². The lowest BCUT2D eigenvalue weighted by molar-refractivity contribution is 0.122. The third-order valence-corrected chi connectivity index (χ3v) is 6.19. The minimum absolute atomic E-state index is 0.0516. The third kappa shape index (κ3) is 4.53. The van der Waals surface area contributed by atoms with Crippen molar-refractivity contribution < 1.29 is 15.1 Å². The van der Waals surface area contributed by atoms with Crippen LogP contribution in [-0.2, 0) is 0 Å². The first-order valence-corrected chi connectivity index (χ1v) is 10.8. The predicted molar refractivity (Wildman–Crippen MR) is 124 cm³/mol. The lowest BCUT2D eigenvalue weighted by Gasteiger charge is -2.26. The molecule has 0 aliphatic heterocycles. The molecule has 1 aromatic heterocycles. The molecule has 2 atom stereocenters. The van der Waals surface area contributed by atoms with E-state index in [-0.39, 0.29) is 5.25 Å². The first-order chi connectivity index (χ1) is 15.1. The van der Waals surface area contributed by atoms with Crippen LogP contribution in [0, 0.1) is 0 Å². The van der Waals surface area contributed by atoms with E-state index >= 15 is 0 Å². The molecule has 31 heavy (non-hydrogen) atoms. The van der Waals surface area contributed by atoms with E-state index in [2.05, 4.69) is 10.2 Å². The van der Waals surface area contributed by atoms with Gasteiger partial charge in [-0.1, -0.05) is 24.3 Å². The standard InChI is InChI=1S/C22H25N5O3S/c1-27(18-9-5-6-10-20(18)30-2)22-21(23-15-7-3-4-8-16(15)24-22)26-31-14-11-12-19(28)17(13-14)25-29/h3-10,13-14,19,25,28-29H,11-12H2,1-2H3,(H,23,26)/t14?,19-/m1/s1. The summed E-state index contributed by atoms with van der Waals surface area (Å²) < 4.78 is 8.87. The molecule has 0 bridgehead atoms. The minimum Gasteiger partial charge on any atom is -0.495 e. The van der Waals surface area contributed by atoms with Crippen molar-refractivity contribution in [1.29, 1.82) is 0 Å². The molecule has 3 aromatic rings. The van der Waals surface area contributed by atoms with Gasteiger partial charge in [-0.05, 0) is 55.1 Å². The smallest absolute Gasteiger partial charge is 0.180 e. The third-order valence-electron chi connectivity index (χ3n) is 5.20. The van der Waals surface area contributed by atoms with Crippen LogP contribution < -0.4 is 19.8 Å². The number of methoxy groups -OCH3 is 1. The van der Waals surface area contributed by atoms with Crippen molar-refractivity contribution in [3.8, 4) is 5.75 Å². The highest BCUT2D eigenvalue weighted by molar-refractivity contribution is 8.01. The van der Waals surface area contributed by atoms with E-state index in [1.54, 1.807) is 7.11 Å². The predicted octanol–water partition coefficient (Wildman–Crippen LogP) is 3.85. The van der Waals surface area contributed by atoms with Crippen molar-refractivity contribution in [1.82, 2.24) is 15.4 Å². The van der Waals surface area contributed by atoms with Crippen LogP contribution in [0.3, 0.4) is 0 Å². The van der Waals surface area contributed by atoms with E-state index in [0.29, 0.717) is 23.8 Å². The van der Waals surface area contributed by atoms with Gasteiger partial charge in [0, 0.05) is 12.3 Å². The molecular formula is C22H25N5O3S. The Morgan fingerprint density at radius 1 is 1.06 bits per heavy atom. The largest absolute Gasteiger partial charge is 0.495 e. The summed E-state index contributed by atoms with van der Waals surface area (Å²) in [6, 6.07) is 15.5. The first-order valence-electron chi connectivity index (χ1n) is 9.95. The maximum Gasteiger partial charge on any atom is 0.180 e. The molecule has 0 saturated carbocycles. The maximum atomic E-state index is 9.92. The lowest BCUT2D eigenvalue weighted by atomic mass is 10.0. The maximum absolute atomic E-state index is 9.92. The fourth-order valence-electron chi connectivity index (χ4n) is 3.52. The van der Waals surface area contributed by atoms with Crippen molar-refractivity contribution in [3.05, 3.63) is 60.3 Å². The van der Waals surface area contributed by atoms with E-state index in [1.807, 2.05) is 66.6 Å². The average molecular weight is 440 g/mol. The van der Waals surface area contributed by atoms with Crippen molar-refractivity contribution >= 4 is 40.3 Å². The van der Waals surface area contributed by atoms with Gasteiger partial charge in [-0.2, -0.15) is 0 Å². The Labute approximate surface area is 185 Å². The summed E-state index contributed by atoms with van der Waals surface area (Å²) in [5.41, 5.74) is 4.96. The number of aliphatic hydroxyl groups excluding tert-OH is 1. The molecule has 9 heteroatoms. The highest BCUT2D eigenvalue weighted by Gasteiger charge is 2.23. The zero-order chi connectivity index (χ0) is 21.8. The Morgan fingerprint density at radius 3 is 2.52 bits per heavy atom. The Morgan fingerprint density at radius 2 is 1.77 bits per heavy atom. The van der Waals surface area contributed by atoms with Gasteiger partial charge in [0.1, 0.15) is 5.75 Å². The van der Waals surface area contributed by atoms with E-state index in [0.717, 1.165) is 28.9 Å². The number of anilines is 3. The number of hydrogen-bond donors (Lipinski definition) is 4. The van der Waals surface area contributed by atoms with Gasteiger partial charge in [0.15, 0.2) is 11.6 Å². The Hall–Kier alpha value is -3.01. The van der Waals surface area contributed by atoms with Gasteiger partial charge < -0.3 is 19.5 Å². The minimum atomic E-state index is -0.672. The van der Waals surface area contributed by atoms with Crippen molar-refractivity contribution in [2.45, 2.75) is 24.2 Å². The van der Waals surface area contributed by atoms with Gasteiger partial charge in [0.2, 0.25) is 0 Å². The molecule has 0 saturated heterocycles. The summed E-state index contributed by atoms with van der Waals surface area (Å²) >= 11 is 1.47. The van der Waals surface area contributed by atoms with Gasteiger partial charge in [0.05, 0.1) is 35.6 Å². The van der Waals surface area contributed by atoms with E-state index in [1.165, 1.54) is 11.9 Å². The number of nitrogens with zero attached hydrogens (tertiary/aromatic N) is 3. The number of hydrogen-bond acceptors (Lipinski definition) is 9. The number of aromatic nitrogens is 2. The molecule has 0 spiro atoms. The van der Waals surface area contributed by atoms with Crippen molar-refractivity contribution in [2.75, 3.05) is 23.8 Å². The number of aliphatic hydroxyl groups is 1. The van der Waals surface area contributed by atoms with Gasteiger partial charge in [-0.3, -0.25) is 10.7 Å². The van der Waals surface area contributed by atoms with Crippen LogP contribution in [-0.4, -0.2) is 45.8 Å². The molecule has 4 rings (SSSR count). The Bertz CT molecular complexity index is 1090. The van der Waals surface area contributed by atoms with Gasteiger partial charge in [-0.15, -0.1) is 0 Å². The normalized spacial score (nSPS) is 18.4. The zero-order valence-corrected chi connectivity index (χ0v) is 18.1. The first kappa shape index (κ1) is 21.2. The molecule has 4 N–H and O–H groups in total. The Kier molecular flexibility index (Phi) is 6.45. The summed E-state index contributed by atoms with van der Waals surface area (Å²) in [5.74, 6) is 2.02.